The first kappa shape index (κ1) is 19.2. The Hall–Kier alpha value is -3.60. The molecule has 0 aliphatic rings. The second kappa shape index (κ2) is 7.96. The van der Waals surface area contributed by atoms with E-state index in [0.717, 1.165) is 0 Å². The quantitative estimate of drug-likeness (QED) is 0.256. The maximum Gasteiger partial charge on any atom is 0.269 e. The summed E-state index contributed by atoms with van der Waals surface area (Å²) in [6.45, 7) is 0. The Balaban J connectivity index is 1.69. The van der Waals surface area contributed by atoms with Gasteiger partial charge in [-0.15, -0.1) is 10.2 Å². The van der Waals surface area contributed by atoms with E-state index >= 15 is 0 Å². The van der Waals surface area contributed by atoms with Gasteiger partial charge in [-0.3, -0.25) is 25.0 Å². The minimum absolute atomic E-state index is 0.0192. The van der Waals surface area contributed by atoms with Gasteiger partial charge in [0.1, 0.15) is 0 Å². The van der Waals surface area contributed by atoms with Gasteiger partial charge in [0.15, 0.2) is 16.8 Å². The molecule has 11 heteroatoms. The third-order valence-corrected chi connectivity index (χ3v) is 4.92. The van der Waals surface area contributed by atoms with Gasteiger partial charge in [-0.25, -0.2) is 0 Å². The number of carbonyl (C=O) groups excluding carboxylic acids is 1. The predicted octanol–water partition coefficient (Wildman–Crippen LogP) is 3.27. The molecule has 10 nitrogen and oxygen atoms in total. The number of rotatable bonds is 7. The van der Waals surface area contributed by atoms with Crippen LogP contribution in [0.2, 0.25) is 0 Å². The van der Waals surface area contributed by atoms with Crippen molar-refractivity contribution in [1.29, 1.82) is 0 Å². The Morgan fingerprint density at radius 3 is 2.04 bits per heavy atom. The van der Waals surface area contributed by atoms with Crippen molar-refractivity contribution in [2.24, 2.45) is 7.05 Å². The van der Waals surface area contributed by atoms with Gasteiger partial charge < -0.3 is 4.57 Å². The lowest BCUT2D eigenvalue weighted by molar-refractivity contribution is -0.385. The lowest BCUT2D eigenvalue weighted by atomic mass is 10.1. The number of ketones is 1. The molecule has 2 aromatic carbocycles. The Labute approximate surface area is 162 Å². The molecule has 0 N–H and O–H groups in total. The summed E-state index contributed by atoms with van der Waals surface area (Å²) in [5, 5.41) is 30.0. The van der Waals surface area contributed by atoms with Crippen LogP contribution in [0, 0.1) is 20.2 Å². The normalized spacial score (nSPS) is 10.6. The van der Waals surface area contributed by atoms with E-state index in [1.807, 2.05) is 0 Å². The van der Waals surface area contributed by atoms with Crippen molar-refractivity contribution < 1.29 is 14.6 Å². The molecule has 0 bridgehead atoms. The number of nitro groups is 2. The number of aromatic nitrogens is 3. The molecular formula is C17H13N5O5S. The number of nitrogens with zero attached hydrogens (tertiary/aromatic N) is 5. The molecule has 0 aliphatic carbocycles. The van der Waals surface area contributed by atoms with Gasteiger partial charge in [0.05, 0.1) is 15.6 Å². The molecule has 0 saturated carbocycles. The zero-order valence-corrected chi connectivity index (χ0v) is 15.3. The fourth-order valence-corrected chi connectivity index (χ4v) is 3.21. The highest BCUT2D eigenvalue weighted by Crippen LogP contribution is 2.25. The van der Waals surface area contributed by atoms with Gasteiger partial charge in [0, 0.05) is 42.4 Å². The van der Waals surface area contributed by atoms with E-state index < -0.39 is 9.85 Å². The third kappa shape index (κ3) is 4.04. The lowest BCUT2D eigenvalue weighted by Crippen LogP contribution is -2.04. The van der Waals surface area contributed by atoms with Crippen molar-refractivity contribution in [3.8, 4) is 11.4 Å². The summed E-state index contributed by atoms with van der Waals surface area (Å²) in [6, 6.07) is 11.3. The number of benzene rings is 2. The maximum absolute atomic E-state index is 12.3. The Kier molecular flexibility index (Phi) is 5.45. The fourth-order valence-electron chi connectivity index (χ4n) is 2.41. The number of carbonyl (C=O) groups is 1. The van der Waals surface area contributed by atoms with E-state index in [1.165, 1.54) is 48.2 Å². The molecule has 0 fully saturated rings. The van der Waals surface area contributed by atoms with Crippen molar-refractivity contribution in [2.45, 2.75) is 5.16 Å². The fraction of sp³-hybridized carbons (Fsp3) is 0.118. The van der Waals surface area contributed by atoms with Crippen LogP contribution in [0.4, 0.5) is 11.4 Å². The summed E-state index contributed by atoms with van der Waals surface area (Å²) in [5.74, 6) is 0.407. The van der Waals surface area contributed by atoms with Gasteiger partial charge in [-0.05, 0) is 24.3 Å². The molecule has 1 aromatic heterocycles. The standard InChI is InChI=1S/C17H13N5O5S/c1-20-16(12-4-8-14(9-5-12)22(26)27)18-19-17(20)28-10-15(23)11-2-6-13(7-3-11)21(24)25/h2-9H,10H2,1H3. The summed E-state index contributed by atoms with van der Waals surface area (Å²) in [4.78, 5) is 32.7. The lowest BCUT2D eigenvalue weighted by Gasteiger charge is -2.04. The first-order valence-electron chi connectivity index (χ1n) is 7.91. The van der Waals surface area contributed by atoms with Crippen molar-refractivity contribution in [3.05, 3.63) is 74.3 Å². The first-order chi connectivity index (χ1) is 13.4. The van der Waals surface area contributed by atoms with Crippen LogP contribution < -0.4 is 0 Å². The Morgan fingerprint density at radius 2 is 1.50 bits per heavy atom. The van der Waals surface area contributed by atoms with E-state index in [0.29, 0.717) is 22.1 Å². The number of hydrogen-bond acceptors (Lipinski definition) is 8. The van der Waals surface area contributed by atoms with E-state index in [2.05, 4.69) is 10.2 Å². The number of hydrogen-bond donors (Lipinski definition) is 0. The zero-order chi connectivity index (χ0) is 20.3. The third-order valence-electron chi connectivity index (χ3n) is 3.90. The summed E-state index contributed by atoms with van der Waals surface area (Å²) < 4.78 is 1.69. The molecule has 0 aliphatic heterocycles. The molecule has 3 rings (SSSR count). The molecule has 1 heterocycles. The van der Waals surface area contributed by atoms with E-state index in [1.54, 1.807) is 23.7 Å². The summed E-state index contributed by atoms with van der Waals surface area (Å²) in [7, 11) is 1.73. The maximum atomic E-state index is 12.3. The second-order valence-corrected chi connectivity index (χ2v) is 6.63. The highest BCUT2D eigenvalue weighted by molar-refractivity contribution is 7.99. The minimum atomic E-state index is -0.526. The zero-order valence-electron chi connectivity index (χ0n) is 14.5. The molecule has 142 valence electrons. The average molecular weight is 399 g/mol. The van der Waals surface area contributed by atoms with Gasteiger partial charge in [-0.2, -0.15) is 0 Å². The number of nitro benzene ring substituents is 2. The molecule has 0 radical (unpaired) electrons. The van der Waals surface area contributed by atoms with Crippen LogP contribution in [-0.4, -0.2) is 36.1 Å². The summed E-state index contributed by atoms with van der Waals surface area (Å²) in [5.41, 5.74) is 0.935. The minimum Gasteiger partial charge on any atom is -0.305 e. The molecule has 0 spiro atoms. The first-order valence-corrected chi connectivity index (χ1v) is 8.90. The van der Waals surface area contributed by atoms with Gasteiger partial charge in [-0.1, -0.05) is 11.8 Å². The van der Waals surface area contributed by atoms with Gasteiger partial charge >= 0.3 is 0 Å². The average Bonchev–Trinajstić information content (AvgIpc) is 3.06. The molecule has 3 aromatic rings. The van der Waals surface area contributed by atoms with E-state index in [4.69, 9.17) is 0 Å². The monoisotopic (exact) mass is 399 g/mol. The van der Waals surface area contributed by atoms with Crippen LogP contribution in [0.25, 0.3) is 11.4 Å². The molecule has 28 heavy (non-hydrogen) atoms. The van der Waals surface area contributed by atoms with Gasteiger partial charge in [0.25, 0.3) is 11.4 Å². The molecule has 0 unspecified atom stereocenters. The predicted molar refractivity (Wildman–Crippen MR) is 101 cm³/mol. The van der Waals surface area contributed by atoms with E-state index in [-0.39, 0.29) is 22.9 Å². The van der Waals surface area contributed by atoms with Crippen LogP contribution in [0.3, 0.4) is 0 Å². The molecular weight excluding hydrogens is 386 g/mol. The van der Waals surface area contributed by atoms with Crippen molar-refractivity contribution in [2.75, 3.05) is 5.75 Å². The highest BCUT2D eigenvalue weighted by Gasteiger charge is 2.15. The van der Waals surface area contributed by atoms with Crippen molar-refractivity contribution in [1.82, 2.24) is 14.8 Å². The number of thioether (sulfide) groups is 1. The highest BCUT2D eigenvalue weighted by atomic mass is 32.2. The largest absolute Gasteiger partial charge is 0.305 e. The van der Waals surface area contributed by atoms with Crippen LogP contribution in [0.15, 0.2) is 53.7 Å². The van der Waals surface area contributed by atoms with Crippen LogP contribution in [-0.2, 0) is 7.05 Å². The van der Waals surface area contributed by atoms with Crippen LogP contribution >= 0.6 is 11.8 Å². The van der Waals surface area contributed by atoms with Crippen molar-refractivity contribution >= 4 is 28.9 Å². The molecule has 0 atom stereocenters. The SMILES string of the molecule is Cn1c(SCC(=O)c2ccc([N+](=O)[O-])cc2)nnc1-c1ccc([N+](=O)[O-])cc1. The summed E-state index contributed by atoms with van der Waals surface area (Å²) in [6.07, 6.45) is 0. The number of non-ortho nitro benzene ring substituents is 2. The number of Topliss-reactive ketones (excluding diaryl/α,β-unsaturated/α-hetero) is 1. The molecule has 0 saturated heterocycles. The molecule has 0 amide bonds. The Morgan fingerprint density at radius 1 is 0.964 bits per heavy atom. The van der Waals surface area contributed by atoms with Crippen LogP contribution in [0.1, 0.15) is 10.4 Å². The van der Waals surface area contributed by atoms with Gasteiger partial charge in [0.2, 0.25) is 0 Å². The topological polar surface area (TPSA) is 134 Å². The Bertz CT molecular complexity index is 1050. The smallest absolute Gasteiger partial charge is 0.269 e. The van der Waals surface area contributed by atoms with Crippen molar-refractivity contribution in [3.63, 3.8) is 0 Å². The summed E-state index contributed by atoms with van der Waals surface area (Å²) >= 11 is 1.18. The van der Waals surface area contributed by atoms with Crippen LogP contribution in [0.5, 0.6) is 0 Å². The van der Waals surface area contributed by atoms with E-state index in [9.17, 15) is 25.0 Å². The second-order valence-electron chi connectivity index (χ2n) is 5.69.